The van der Waals surface area contributed by atoms with E-state index in [-0.39, 0.29) is 24.4 Å². The van der Waals surface area contributed by atoms with Crippen molar-refractivity contribution in [3.05, 3.63) is 59.9 Å². The molecule has 0 spiro atoms. The maximum atomic E-state index is 13.5. The van der Waals surface area contributed by atoms with E-state index in [4.69, 9.17) is 4.74 Å². The van der Waals surface area contributed by atoms with Gasteiger partial charge in [0.25, 0.3) is 0 Å². The highest BCUT2D eigenvalue weighted by molar-refractivity contribution is 5.93. The lowest BCUT2D eigenvalue weighted by Gasteiger charge is -2.15. The van der Waals surface area contributed by atoms with Gasteiger partial charge in [0.1, 0.15) is 11.6 Å². The fourth-order valence-corrected chi connectivity index (χ4v) is 2.07. The Morgan fingerprint density at radius 2 is 1.83 bits per heavy atom. The van der Waals surface area contributed by atoms with E-state index in [0.29, 0.717) is 23.5 Å². The van der Waals surface area contributed by atoms with Crippen molar-refractivity contribution in [1.29, 1.82) is 0 Å². The summed E-state index contributed by atoms with van der Waals surface area (Å²) < 4.78 is 19.1. The minimum Gasteiger partial charge on any atom is -0.489 e. The minimum absolute atomic E-state index is 0.0206. The Balaban J connectivity index is 1.87. The second kappa shape index (κ2) is 8.29. The molecule has 0 aliphatic rings. The molecule has 122 valence electrons. The summed E-state index contributed by atoms with van der Waals surface area (Å²) >= 11 is 0. The molecular formula is C18H21FN2O2. The monoisotopic (exact) mass is 316 g/mol. The fraction of sp³-hybridized carbons (Fsp3) is 0.278. The Bertz CT molecular complexity index is 659. The SMILES string of the molecule is CC(C)Oc1ccccc1NC(=O)CNCc1ccccc1F. The van der Waals surface area contributed by atoms with Gasteiger partial charge in [-0.05, 0) is 32.0 Å². The lowest BCUT2D eigenvalue weighted by Crippen LogP contribution is -2.28. The van der Waals surface area contributed by atoms with Crippen molar-refractivity contribution in [2.45, 2.75) is 26.5 Å². The third kappa shape index (κ3) is 5.38. The average Bonchev–Trinajstić information content (AvgIpc) is 2.51. The Morgan fingerprint density at radius 1 is 1.13 bits per heavy atom. The number of amides is 1. The van der Waals surface area contributed by atoms with Crippen molar-refractivity contribution in [2.24, 2.45) is 0 Å². The standard InChI is InChI=1S/C18H21FN2O2/c1-13(2)23-17-10-6-5-9-16(17)21-18(22)12-20-11-14-7-3-4-8-15(14)19/h3-10,13,20H,11-12H2,1-2H3,(H,21,22). The normalized spacial score (nSPS) is 10.6. The van der Waals surface area contributed by atoms with Gasteiger partial charge in [-0.25, -0.2) is 4.39 Å². The Morgan fingerprint density at radius 3 is 2.57 bits per heavy atom. The van der Waals surface area contributed by atoms with Crippen LogP contribution in [0, 0.1) is 5.82 Å². The van der Waals surface area contributed by atoms with Crippen LogP contribution >= 0.6 is 0 Å². The highest BCUT2D eigenvalue weighted by atomic mass is 19.1. The first kappa shape index (κ1) is 17.0. The van der Waals surface area contributed by atoms with Crippen LogP contribution in [0.2, 0.25) is 0 Å². The molecule has 23 heavy (non-hydrogen) atoms. The van der Waals surface area contributed by atoms with E-state index in [1.165, 1.54) is 6.07 Å². The lowest BCUT2D eigenvalue weighted by molar-refractivity contribution is -0.115. The van der Waals surface area contributed by atoms with E-state index >= 15 is 0 Å². The molecule has 0 fully saturated rings. The molecule has 0 aliphatic heterocycles. The number of para-hydroxylation sites is 2. The number of carbonyl (C=O) groups excluding carboxylic acids is 1. The van der Waals surface area contributed by atoms with Gasteiger partial charge in [0.05, 0.1) is 18.3 Å². The summed E-state index contributed by atoms with van der Waals surface area (Å²) in [4.78, 5) is 12.0. The van der Waals surface area contributed by atoms with E-state index in [0.717, 1.165) is 0 Å². The van der Waals surface area contributed by atoms with Crippen molar-refractivity contribution in [2.75, 3.05) is 11.9 Å². The quantitative estimate of drug-likeness (QED) is 0.824. The van der Waals surface area contributed by atoms with Crippen LogP contribution in [0.3, 0.4) is 0 Å². The number of benzene rings is 2. The molecule has 0 aliphatic carbocycles. The zero-order chi connectivity index (χ0) is 16.7. The van der Waals surface area contributed by atoms with Crippen molar-refractivity contribution < 1.29 is 13.9 Å². The van der Waals surface area contributed by atoms with Gasteiger partial charge in [-0.1, -0.05) is 30.3 Å². The van der Waals surface area contributed by atoms with Gasteiger partial charge in [-0.15, -0.1) is 0 Å². The number of rotatable bonds is 7. The van der Waals surface area contributed by atoms with Gasteiger partial charge in [-0.3, -0.25) is 4.79 Å². The summed E-state index contributed by atoms with van der Waals surface area (Å²) in [5.74, 6) is 0.141. The van der Waals surface area contributed by atoms with E-state index < -0.39 is 0 Å². The molecule has 2 rings (SSSR count). The van der Waals surface area contributed by atoms with Gasteiger partial charge in [0.2, 0.25) is 5.91 Å². The molecule has 2 aromatic carbocycles. The van der Waals surface area contributed by atoms with Crippen molar-refractivity contribution in [3.63, 3.8) is 0 Å². The van der Waals surface area contributed by atoms with E-state index in [1.807, 2.05) is 32.0 Å². The van der Waals surface area contributed by atoms with E-state index in [2.05, 4.69) is 10.6 Å². The Hall–Kier alpha value is -2.40. The molecule has 0 radical (unpaired) electrons. The second-order valence-corrected chi connectivity index (χ2v) is 5.41. The molecule has 2 N–H and O–H groups in total. The molecule has 0 atom stereocenters. The third-order valence-corrected chi connectivity index (χ3v) is 3.08. The Labute approximate surface area is 135 Å². The molecule has 0 bridgehead atoms. The van der Waals surface area contributed by atoms with Crippen LogP contribution in [0.1, 0.15) is 19.4 Å². The molecule has 0 saturated carbocycles. The average molecular weight is 316 g/mol. The molecule has 0 saturated heterocycles. The maximum Gasteiger partial charge on any atom is 0.238 e. The molecule has 0 heterocycles. The van der Waals surface area contributed by atoms with Crippen molar-refractivity contribution in [1.82, 2.24) is 5.32 Å². The molecule has 2 aromatic rings. The van der Waals surface area contributed by atoms with Gasteiger partial charge in [-0.2, -0.15) is 0 Å². The topological polar surface area (TPSA) is 50.4 Å². The highest BCUT2D eigenvalue weighted by Gasteiger charge is 2.09. The van der Waals surface area contributed by atoms with Gasteiger partial charge < -0.3 is 15.4 Å². The van der Waals surface area contributed by atoms with Crippen LogP contribution in [0.15, 0.2) is 48.5 Å². The van der Waals surface area contributed by atoms with Gasteiger partial charge in [0, 0.05) is 12.1 Å². The van der Waals surface area contributed by atoms with Crippen LogP contribution in [0.25, 0.3) is 0 Å². The number of nitrogens with one attached hydrogen (secondary N) is 2. The van der Waals surface area contributed by atoms with Crippen LogP contribution in [0.5, 0.6) is 5.75 Å². The molecule has 1 amide bonds. The number of ether oxygens (including phenoxy) is 1. The van der Waals surface area contributed by atoms with Crippen LogP contribution < -0.4 is 15.4 Å². The zero-order valence-electron chi connectivity index (χ0n) is 13.3. The van der Waals surface area contributed by atoms with E-state index in [1.54, 1.807) is 24.3 Å². The first-order valence-corrected chi connectivity index (χ1v) is 7.56. The molecule has 0 aromatic heterocycles. The van der Waals surface area contributed by atoms with Crippen molar-refractivity contribution >= 4 is 11.6 Å². The fourth-order valence-electron chi connectivity index (χ4n) is 2.07. The third-order valence-electron chi connectivity index (χ3n) is 3.08. The maximum absolute atomic E-state index is 13.5. The summed E-state index contributed by atoms with van der Waals surface area (Å²) in [6, 6.07) is 13.8. The summed E-state index contributed by atoms with van der Waals surface area (Å²) in [5, 5.41) is 5.73. The Kier molecular flexibility index (Phi) is 6.11. The first-order chi connectivity index (χ1) is 11.1. The molecular weight excluding hydrogens is 295 g/mol. The number of anilines is 1. The highest BCUT2D eigenvalue weighted by Crippen LogP contribution is 2.24. The number of carbonyl (C=O) groups is 1. The molecule has 4 nitrogen and oxygen atoms in total. The number of halogens is 1. The number of hydrogen-bond donors (Lipinski definition) is 2. The van der Waals surface area contributed by atoms with Gasteiger partial charge in [0.15, 0.2) is 0 Å². The largest absolute Gasteiger partial charge is 0.489 e. The predicted molar refractivity (Wildman–Crippen MR) is 88.9 cm³/mol. The van der Waals surface area contributed by atoms with Crippen molar-refractivity contribution in [3.8, 4) is 5.75 Å². The first-order valence-electron chi connectivity index (χ1n) is 7.56. The summed E-state index contributed by atoms with van der Waals surface area (Å²) in [5.41, 5.74) is 1.16. The molecule has 5 heteroatoms. The van der Waals surface area contributed by atoms with Crippen LogP contribution in [0.4, 0.5) is 10.1 Å². The lowest BCUT2D eigenvalue weighted by atomic mass is 10.2. The van der Waals surface area contributed by atoms with Crippen LogP contribution in [-0.4, -0.2) is 18.6 Å². The summed E-state index contributed by atoms with van der Waals surface area (Å²) in [7, 11) is 0. The second-order valence-electron chi connectivity index (χ2n) is 5.41. The van der Waals surface area contributed by atoms with Gasteiger partial charge >= 0.3 is 0 Å². The number of hydrogen-bond acceptors (Lipinski definition) is 3. The molecule has 0 unspecified atom stereocenters. The minimum atomic E-state index is -0.281. The van der Waals surface area contributed by atoms with E-state index in [9.17, 15) is 9.18 Å². The smallest absolute Gasteiger partial charge is 0.238 e. The van der Waals surface area contributed by atoms with Crippen LogP contribution in [-0.2, 0) is 11.3 Å². The zero-order valence-corrected chi connectivity index (χ0v) is 13.3. The summed E-state index contributed by atoms with van der Waals surface area (Å²) in [6.45, 7) is 4.23. The predicted octanol–water partition coefficient (Wildman–Crippen LogP) is 3.34. The summed E-state index contributed by atoms with van der Waals surface area (Å²) in [6.07, 6.45) is 0.0206.